The van der Waals surface area contributed by atoms with Gasteiger partial charge >= 0.3 is 0 Å². The molecule has 94 valence electrons. The van der Waals surface area contributed by atoms with Gasteiger partial charge in [-0.2, -0.15) is 0 Å². The number of ketones is 1. The van der Waals surface area contributed by atoms with Gasteiger partial charge in [-0.15, -0.1) is 0 Å². The Morgan fingerprint density at radius 1 is 0.824 bits per heavy atom. The number of aliphatic hydroxyl groups excluding tert-OH is 1. The van der Waals surface area contributed by atoms with Gasteiger partial charge in [0.1, 0.15) is 5.76 Å². The van der Waals surface area contributed by atoms with Gasteiger partial charge in [0, 0.05) is 17.4 Å². The Bertz CT molecular complexity index is 350. The molecule has 3 aliphatic rings. The molecule has 2 atom stereocenters. The van der Waals surface area contributed by atoms with Crippen LogP contribution in [-0.2, 0) is 4.79 Å². The van der Waals surface area contributed by atoms with Crippen molar-refractivity contribution in [3.8, 4) is 0 Å². The number of carbonyl (C=O) groups excluding carboxylic acids is 1. The molecule has 0 aliphatic heterocycles. The zero-order valence-electron chi connectivity index (χ0n) is 10.5. The summed E-state index contributed by atoms with van der Waals surface area (Å²) in [6.07, 6.45) is 10.4. The average Bonchev–Trinajstić information content (AvgIpc) is 2.64. The molecule has 0 amide bonds. The van der Waals surface area contributed by atoms with E-state index in [1.807, 2.05) is 0 Å². The van der Waals surface area contributed by atoms with Crippen LogP contribution in [0.25, 0.3) is 0 Å². The van der Waals surface area contributed by atoms with Crippen molar-refractivity contribution in [2.75, 3.05) is 0 Å². The summed E-state index contributed by atoms with van der Waals surface area (Å²) in [6, 6.07) is 0. The summed E-state index contributed by atoms with van der Waals surface area (Å²) < 4.78 is 0. The molecule has 0 bridgehead atoms. The van der Waals surface area contributed by atoms with Crippen molar-refractivity contribution in [1.82, 2.24) is 0 Å². The van der Waals surface area contributed by atoms with Crippen molar-refractivity contribution < 1.29 is 9.90 Å². The molecule has 0 unspecified atom stereocenters. The van der Waals surface area contributed by atoms with Crippen molar-refractivity contribution in [2.24, 2.45) is 17.8 Å². The number of carbonyl (C=O) groups is 1. The molecule has 0 aromatic rings. The van der Waals surface area contributed by atoms with E-state index in [1.165, 1.54) is 25.7 Å². The highest BCUT2D eigenvalue weighted by Crippen LogP contribution is 2.46. The van der Waals surface area contributed by atoms with Gasteiger partial charge < -0.3 is 5.11 Å². The molecule has 0 spiro atoms. The van der Waals surface area contributed by atoms with Crippen LogP contribution in [0, 0.1) is 17.8 Å². The summed E-state index contributed by atoms with van der Waals surface area (Å²) in [7, 11) is 0. The molecule has 1 N–H and O–H groups in total. The molecule has 3 aliphatic carbocycles. The third kappa shape index (κ3) is 1.82. The first-order valence-corrected chi connectivity index (χ1v) is 7.26. The summed E-state index contributed by atoms with van der Waals surface area (Å²) in [6.45, 7) is 0. The zero-order chi connectivity index (χ0) is 11.8. The number of Topliss-reactive ketones (excluding diaryl/α,β-unsaturated/α-hetero) is 1. The molecule has 2 fully saturated rings. The predicted molar refractivity (Wildman–Crippen MR) is 66.7 cm³/mol. The lowest BCUT2D eigenvalue weighted by Gasteiger charge is -2.24. The van der Waals surface area contributed by atoms with Crippen LogP contribution in [0.4, 0.5) is 0 Å². The lowest BCUT2D eigenvalue weighted by atomic mass is 9.79. The molecular formula is C15H22O2. The Labute approximate surface area is 103 Å². The monoisotopic (exact) mass is 234 g/mol. The van der Waals surface area contributed by atoms with E-state index in [0.29, 0.717) is 17.5 Å². The van der Waals surface area contributed by atoms with Crippen LogP contribution in [-0.4, -0.2) is 10.9 Å². The standard InChI is InChI=1S/C15H22O2/c16-14-11-8-4-5-9-12(11)15(17)13(14)10-6-2-1-3-7-10/h10-12,16H,1-9H2/t11-,12+/m0/s1. The maximum Gasteiger partial charge on any atom is 0.166 e. The van der Waals surface area contributed by atoms with Crippen molar-refractivity contribution >= 4 is 5.78 Å². The zero-order valence-corrected chi connectivity index (χ0v) is 10.5. The highest BCUT2D eigenvalue weighted by molar-refractivity contribution is 6.01. The molecule has 0 aromatic carbocycles. The number of hydrogen-bond donors (Lipinski definition) is 1. The SMILES string of the molecule is O=C1C(C2CCCCC2)=C(O)[C@H]2CCCC[C@@H]12. The minimum atomic E-state index is 0.140. The fourth-order valence-corrected chi connectivity index (χ4v) is 4.10. The molecule has 0 radical (unpaired) electrons. The Morgan fingerprint density at radius 2 is 1.41 bits per heavy atom. The Morgan fingerprint density at radius 3 is 2.06 bits per heavy atom. The van der Waals surface area contributed by atoms with E-state index in [1.54, 1.807) is 0 Å². The Hall–Kier alpha value is -0.790. The largest absolute Gasteiger partial charge is 0.512 e. The van der Waals surface area contributed by atoms with E-state index >= 15 is 0 Å². The maximum absolute atomic E-state index is 12.4. The topological polar surface area (TPSA) is 37.3 Å². The smallest absolute Gasteiger partial charge is 0.166 e. The maximum atomic E-state index is 12.4. The van der Waals surface area contributed by atoms with Crippen molar-refractivity contribution in [3.63, 3.8) is 0 Å². The van der Waals surface area contributed by atoms with Gasteiger partial charge in [0.15, 0.2) is 5.78 Å². The molecule has 0 heterocycles. The summed E-state index contributed by atoms with van der Waals surface area (Å²) in [5, 5.41) is 10.4. The van der Waals surface area contributed by atoms with E-state index in [4.69, 9.17) is 0 Å². The fraction of sp³-hybridized carbons (Fsp3) is 0.800. The first kappa shape index (κ1) is 11.3. The molecule has 17 heavy (non-hydrogen) atoms. The normalized spacial score (nSPS) is 35.2. The summed E-state index contributed by atoms with van der Waals surface area (Å²) in [5.41, 5.74) is 0.849. The number of allylic oxidation sites excluding steroid dienone is 2. The van der Waals surface area contributed by atoms with E-state index in [0.717, 1.165) is 37.7 Å². The highest BCUT2D eigenvalue weighted by Gasteiger charge is 2.45. The van der Waals surface area contributed by atoms with Crippen LogP contribution in [0.2, 0.25) is 0 Å². The first-order valence-electron chi connectivity index (χ1n) is 7.26. The third-order valence-corrected chi connectivity index (χ3v) is 5.01. The molecule has 2 nitrogen and oxygen atoms in total. The van der Waals surface area contributed by atoms with Gasteiger partial charge in [0.2, 0.25) is 0 Å². The summed E-state index contributed by atoms with van der Waals surface area (Å²) in [4.78, 5) is 12.4. The van der Waals surface area contributed by atoms with Gasteiger partial charge in [0.05, 0.1) is 0 Å². The van der Waals surface area contributed by atoms with Crippen LogP contribution >= 0.6 is 0 Å². The van der Waals surface area contributed by atoms with Gasteiger partial charge in [-0.1, -0.05) is 32.1 Å². The van der Waals surface area contributed by atoms with E-state index in [-0.39, 0.29) is 11.8 Å². The number of fused-ring (bicyclic) bond motifs is 1. The average molecular weight is 234 g/mol. The second-order valence-electron chi connectivity index (χ2n) is 6.00. The Balaban J connectivity index is 1.86. The minimum absolute atomic E-state index is 0.140. The van der Waals surface area contributed by atoms with Gasteiger partial charge in [0.25, 0.3) is 0 Å². The van der Waals surface area contributed by atoms with E-state index < -0.39 is 0 Å². The first-order chi connectivity index (χ1) is 8.29. The number of hydrogen-bond acceptors (Lipinski definition) is 2. The molecule has 0 aromatic heterocycles. The number of rotatable bonds is 1. The van der Waals surface area contributed by atoms with Crippen molar-refractivity contribution in [1.29, 1.82) is 0 Å². The Kier molecular flexibility index (Phi) is 2.97. The van der Waals surface area contributed by atoms with Crippen LogP contribution < -0.4 is 0 Å². The number of aliphatic hydroxyl groups is 1. The molecular weight excluding hydrogens is 212 g/mol. The van der Waals surface area contributed by atoms with Crippen molar-refractivity contribution in [3.05, 3.63) is 11.3 Å². The quantitative estimate of drug-likeness (QED) is 0.750. The lowest BCUT2D eigenvalue weighted by molar-refractivity contribution is -0.120. The predicted octanol–water partition coefficient (Wildman–Crippen LogP) is 3.77. The van der Waals surface area contributed by atoms with Crippen molar-refractivity contribution in [2.45, 2.75) is 57.8 Å². The summed E-state index contributed by atoms with van der Waals surface area (Å²) in [5.74, 6) is 1.50. The summed E-state index contributed by atoms with van der Waals surface area (Å²) >= 11 is 0. The molecule has 2 saturated carbocycles. The van der Waals surface area contributed by atoms with Crippen LogP contribution in [0.1, 0.15) is 57.8 Å². The third-order valence-electron chi connectivity index (χ3n) is 5.01. The fourth-order valence-electron chi connectivity index (χ4n) is 4.10. The van der Waals surface area contributed by atoms with E-state index in [2.05, 4.69) is 0 Å². The van der Waals surface area contributed by atoms with Gasteiger partial charge in [-0.3, -0.25) is 4.79 Å². The van der Waals surface area contributed by atoms with Crippen LogP contribution in [0.5, 0.6) is 0 Å². The van der Waals surface area contributed by atoms with Crippen LogP contribution in [0.15, 0.2) is 11.3 Å². The lowest BCUT2D eigenvalue weighted by Crippen LogP contribution is -2.23. The van der Waals surface area contributed by atoms with Gasteiger partial charge in [-0.25, -0.2) is 0 Å². The van der Waals surface area contributed by atoms with Gasteiger partial charge in [-0.05, 0) is 31.6 Å². The molecule has 3 rings (SSSR count). The van der Waals surface area contributed by atoms with E-state index in [9.17, 15) is 9.90 Å². The minimum Gasteiger partial charge on any atom is -0.512 e. The molecule has 2 heteroatoms. The second kappa shape index (κ2) is 4.47. The second-order valence-corrected chi connectivity index (χ2v) is 6.00. The van der Waals surface area contributed by atoms with Crippen LogP contribution in [0.3, 0.4) is 0 Å². The molecule has 0 saturated heterocycles. The highest BCUT2D eigenvalue weighted by atomic mass is 16.3.